The van der Waals surface area contributed by atoms with Crippen LogP contribution in [0.5, 0.6) is 0 Å². The van der Waals surface area contributed by atoms with Gasteiger partial charge in [0.05, 0.1) is 24.0 Å². The number of carbonyl (C=O) groups is 3. The molecule has 0 bridgehead atoms. The molecular formula is C14H16BNO7S. The third-order valence-corrected chi connectivity index (χ3v) is 4.40. The van der Waals surface area contributed by atoms with E-state index in [1.165, 1.54) is 11.3 Å². The minimum atomic E-state index is -1.35. The van der Waals surface area contributed by atoms with E-state index in [0.29, 0.717) is 17.7 Å². The van der Waals surface area contributed by atoms with E-state index in [1.54, 1.807) is 17.5 Å². The predicted octanol–water partition coefficient (Wildman–Crippen LogP) is 0.374. The number of aliphatic carboxylic acids is 2. The molecule has 0 radical (unpaired) electrons. The van der Waals surface area contributed by atoms with E-state index >= 15 is 0 Å². The number of amides is 1. The monoisotopic (exact) mass is 353 g/mol. The third kappa shape index (κ3) is 4.92. The van der Waals surface area contributed by atoms with Gasteiger partial charge in [-0.05, 0) is 24.3 Å². The van der Waals surface area contributed by atoms with Crippen molar-refractivity contribution in [2.45, 2.75) is 31.3 Å². The predicted molar refractivity (Wildman–Crippen MR) is 86.2 cm³/mol. The number of carbonyl (C=O) groups excluding carboxylic acids is 1. The van der Waals surface area contributed by atoms with Crippen LogP contribution in [0, 0.1) is 0 Å². The average Bonchev–Trinajstić information content (AvgIpc) is 3.00. The Morgan fingerprint density at radius 3 is 2.67 bits per heavy atom. The molecule has 2 heterocycles. The summed E-state index contributed by atoms with van der Waals surface area (Å²) < 4.78 is 5.19. The fraction of sp³-hybridized carbons (Fsp3) is 0.357. The van der Waals surface area contributed by atoms with Crippen molar-refractivity contribution in [1.29, 1.82) is 0 Å². The first kappa shape index (κ1) is 18.2. The van der Waals surface area contributed by atoms with E-state index in [0.717, 1.165) is 6.08 Å². The highest BCUT2D eigenvalue weighted by atomic mass is 32.1. The Labute approximate surface area is 141 Å². The van der Waals surface area contributed by atoms with Gasteiger partial charge in [-0.2, -0.15) is 0 Å². The zero-order chi connectivity index (χ0) is 17.7. The summed E-state index contributed by atoms with van der Waals surface area (Å²) in [4.78, 5) is 34.4. The smallest absolute Gasteiger partial charge is 0.478 e. The van der Waals surface area contributed by atoms with Crippen LogP contribution in [0.4, 0.5) is 0 Å². The van der Waals surface area contributed by atoms with Crippen LogP contribution in [0.2, 0.25) is 0 Å². The van der Waals surface area contributed by atoms with Crippen molar-refractivity contribution >= 4 is 41.9 Å². The SMILES string of the molecule is O=C(O)/C=C(/C(=O)N[C@H]1CC[C@@H](CC(=O)O)OB1O)c1cccs1. The molecule has 0 spiro atoms. The van der Waals surface area contributed by atoms with E-state index in [1.807, 2.05) is 0 Å². The van der Waals surface area contributed by atoms with Crippen LogP contribution in [0.3, 0.4) is 0 Å². The van der Waals surface area contributed by atoms with Gasteiger partial charge in [-0.25, -0.2) is 4.79 Å². The molecule has 1 aliphatic rings. The van der Waals surface area contributed by atoms with Gasteiger partial charge in [-0.1, -0.05) is 6.07 Å². The van der Waals surface area contributed by atoms with Gasteiger partial charge in [0.2, 0.25) is 0 Å². The molecule has 0 saturated carbocycles. The van der Waals surface area contributed by atoms with Crippen LogP contribution in [0.25, 0.3) is 5.57 Å². The van der Waals surface area contributed by atoms with Gasteiger partial charge >= 0.3 is 19.1 Å². The first-order valence-electron chi connectivity index (χ1n) is 7.21. The molecule has 24 heavy (non-hydrogen) atoms. The molecule has 8 nitrogen and oxygen atoms in total. The lowest BCUT2D eigenvalue weighted by Crippen LogP contribution is -2.53. The van der Waals surface area contributed by atoms with Gasteiger partial charge in [0, 0.05) is 11.0 Å². The number of carboxylic acids is 2. The fourth-order valence-electron chi connectivity index (χ4n) is 2.41. The highest BCUT2D eigenvalue weighted by molar-refractivity contribution is 7.11. The summed E-state index contributed by atoms with van der Waals surface area (Å²) in [5.41, 5.74) is -0.0163. The molecule has 2 rings (SSSR count). The molecule has 0 aromatic carbocycles. The number of hydrogen-bond donors (Lipinski definition) is 4. The molecule has 1 amide bonds. The van der Waals surface area contributed by atoms with Crippen molar-refractivity contribution in [1.82, 2.24) is 5.32 Å². The Morgan fingerprint density at radius 2 is 2.12 bits per heavy atom. The maximum atomic E-state index is 12.4. The van der Waals surface area contributed by atoms with Gasteiger partial charge in [0.15, 0.2) is 0 Å². The van der Waals surface area contributed by atoms with Crippen molar-refractivity contribution in [3.63, 3.8) is 0 Å². The Balaban J connectivity index is 2.03. The molecule has 0 unspecified atom stereocenters. The lowest BCUT2D eigenvalue weighted by atomic mass is 9.72. The largest absolute Gasteiger partial charge is 0.481 e. The Bertz CT molecular complexity index is 646. The van der Waals surface area contributed by atoms with Gasteiger partial charge < -0.3 is 25.2 Å². The van der Waals surface area contributed by atoms with E-state index in [-0.39, 0.29) is 12.0 Å². The lowest BCUT2D eigenvalue weighted by Gasteiger charge is -2.31. The van der Waals surface area contributed by atoms with Gasteiger partial charge in [0.1, 0.15) is 0 Å². The standard InChI is InChI=1S/C14H16BNO7S/c17-12(18)6-8-3-4-11(15(22)23-8)16-14(21)9(7-13(19)20)10-2-1-5-24-10/h1-2,5,7-8,11,22H,3-4,6H2,(H,16,21)(H,17,18)(H,19,20)/b9-7+/t8-,11-/m0/s1. The quantitative estimate of drug-likeness (QED) is 0.429. The maximum absolute atomic E-state index is 12.4. The highest BCUT2D eigenvalue weighted by Gasteiger charge is 2.37. The maximum Gasteiger partial charge on any atom is 0.478 e. The van der Waals surface area contributed by atoms with E-state index in [9.17, 15) is 19.4 Å². The highest BCUT2D eigenvalue weighted by Crippen LogP contribution is 2.23. The van der Waals surface area contributed by atoms with Crippen molar-refractivity contribution in [2.75, 3.05) is 0 Å². The molecule has 2 atom stereocenters. The van der Waals surface area contributed by atoms with E-state index in [2.05, 4.69) is 5.32 Å². The normalized spacial score (nSPS) is 21.4. The second-order valence-electron chi connectivity index (χ2n) is 5.28. The van der Waals surface area contributed by atoms with Crippen molar-refractivity contribution in [3.8, 4) is 0 Å². The summed E-state index contributed by atoms with van der Waals surface area (Å²) >= 11 is 1.22. The first-order chi connectivity index (χ1) is 11.4. The summed E-state index contributed by atoms with van der Waals surface area (Å²) in [6.07, 6.45) is 0.666. The molecule has 1 aromatic heterocycles. The minimum Gasteiger partial charge on any atom is -0.481 e. The van der Waals surface area contributed by atoms with Crippen LogP contribution in [0.1, 0.15) is 24.1 Å². The van der Waals surface area contributed by atoms with Gasteiger partial charge in [-0.15, -0.1) is 11.3 Å². The molecular weight excluding hydrogens is 337 g/mol. The molecule has 1 aromatic rings. The third-order valence-electron chi connectivity index (χ3n) is 3.49. The first-order valence-corrected chi connectivity index (χ1v) is 8.09. The molecule has 10 heteroatoms. The van der Waals surface area contributed by atoms with Crippen LogP contribution >= 0.6 is 11.3 Å². The summed E-state index contributed by atoms with van der Waals surface area (Å²) in [7, 11) is -1.35. The Morgan fingerprint density at radius 1 is 1.38 bits per heavy atom. The fourth-order valence-corrected chi connectivity index (χ4v) is 3.15. The van der Waals surface area contributed by atoms with E-state index in [4.69, 9.17) is 14.9 Å². The summed E-state index contributed by atoms with van der Waals surface area (Å²) in [5.74, 6) is -3.65. The van der Waals surface area contributed by atoms with Crippen LogP contribution in [-0.2, 0) is 19.0 Å². The molecule has 128 valence electrons. The van der Waals surface area contributed by atoms with Crippen LogP contribution in [0.15, 0.2) is 23.6 Å². The number of nitrogens with one attached hydrogen (secondary N) is 1. The van der Waals surface area contributed by atoms with E-state index < -0.39 is 37.0 Å². The lowest BCUT2D eigenvalue weighted by molar-refractivity contribution is -0.139. The summed E-state index contributed by atoms with van der Waals surface area (Å²) in [6, 6.07) is 3.31. The average molecular weight is 353 g/mol. The molecule has 4 N–H and O–H groups in total. The molecule has 0 aliphatic carbocycles. The molecule has 1 aliphatic heterocycles. The second kappa shape index (κ2) is 8.09. The van der Waals surface area contributed by atoms with Crippen LogP contribution in [-0.4, -0.2) is 52.2 Å². The number of carboxylic acid groups (broad SMARTS) is 2. The molecule has 1 saturated heterocycles. The summed E-state index contributed by atoms with van der Waals surface area (Å²) in [5, 5.41) is 31.9. The zero-order valence-corrected chi connectivity index (χ0v) is 13.4. The number of rotatable bonds is 6. The zero-order valence-electron chi connectivity index (χ0n) is 12.5. The van der Waals surface area contributed by atoms with Crippen molar-refractivity contribution < 1.29 is 34.3 Å². The Hall–Kier alpha value is -2.17. The Kier molecular flexibility index (Phi) is 6.13. The molecule has 1 fully saturated rings. The topological polar surface area (TPSA) is 133 Å². The van der Waals surface area contributed by atoms with Gasteiger partial charge in [-0.3, -0.25) is 9.59 Å². The van der Waals surface area contributed by atoms with Crippen LogP contribution < -0.4 is 5.32 Å². The van der Waals surface area contributed by atoms with Crippen molar-refractivity contribution in [2.24, 2.45) is 0 Å². The van der Waals surface area contributed by atoms with Crippen molar-refractivity contribution in [3.05, 3.63) is 28.5 Å². The number of thiophene rings is 1. The number of hydrogen-bond acceptors (Lipinski definition) is 6. The second-order valence-corrected chi connectivity index (χ2v) is 6.23. The summed E-state index contributed by atoms with van der Waals surface area (Å²) in [6.45, 7) is 0. The minimum absolute atomic E-state index is 0.0163. The van der Waals surface area contributed by atoms with Gasteiger partial charge in [0.25, 0.3) is 5.91 Å².